The van der Waals surface area contributed by atoms with Crippen molar-refractivity contribution in [2.24, 2.45) is 0 Å². The third-order valence-corrected chi connectivity index (χ3v) is 1.97. The largest absolute Gasteiger partial charge is 0.379 e. The summed E-state index contributed by atoms with van der Waals surface area (Å²) in [4.78, 5) is 13.3. The molecule has 1 aliphatic heterocycles. The van der Waals surface area contributed by atoms with Gasteiger partial charge in [-0.05, 0) is 0 Å². The van der Waals surface area contributed by atoms with Crippen LogP contribution in [0.2, 0.25) is 0 Å². The van der Waals surface area contributed by atoms with Crippen molar-refractivity contribution < 1.29 is 9.53 Å². The van der Waals surface area contributed by atoms with Crippen molar-refractivity contribution in [2.75, 3.05) is 39.5 Å². The van der Waals surface area contributed by atoms with Gasteiger partial charge in [0.2, 0.25) is 0 Å². The second kappa shape index (κ2) is 6.39. The van der Waals surface area contributed by atoms with Gasteiger partial charge in [-0.2, -0.15) is 0 Å². The lowest BCUT2D eigenvalue weighted by Crippen LogP contribution is -2.46. The van der Waals surface area contributed by atoms with Crippen LogP contribution in [0.25, 0.3) is 0 Å². The van der Waals surface area contributed by atoms with Gasteiger partial charge in [0.15, 0.2) is 0 Å². The summed E-state index contributed by atoms with van der Waals surface area (Å²) in [5.74, 6) is 0. The average molecular weight is 199 g/mol. The SMILES string of the molecule is C=CCNC(=O)NCN1CCOCC1. The van der Waals surface area contributed by atoms with Crippen LogP contribution in [0.1, 0.15) is 0 Å². The maximum absolute atomic E-state index is 11.1. The summed E-state index contributed by atoms with van der Waals surface area (Å²) < 4.78 is 5.19. The van der Waals surface area contributed by atoms with Gasteiger partial charge >= 0.3 is 6.03 Å². The molecule has 0 aromatic heterocycles. The third-order valence-electron chi connectivity index (χ3n) is 1.97. The zero-order chi connectivity index (χ0) is 10.2. The fraction of sp³-hybridized carbons (Fsp3) is 0.667. The molecule has 80 valence electrons. The monoisotopic (exact) mass is 199 g/mol. The van der Waals surface area contributed by atoms with Crippen molar-refractivity contribution in [1.82, 2.24) is 15.5 Å². The Morgan fingerprint density at radius 3 is 2.79 bits per heavy atom. The molecule has 1 heterocycles. The summed E-state index contributed by atoms with van der Waals surface area (Å²) in [6.45, 7) is 7.83. The molecule has 2 amide bonds. The van der Waals surface area contributed by atoms with Crippen molar-refractivity contribution in [3.05, 3.63) is 12.7 Å². The van der Waals surface area contributed by atoms with E-state index in [9.17, 15) is 4.79 Å². The standard InChI is InChI=1S/C9H17N3O2/c1-2-3-10-9(13)11-8-12-4-6-14-7-5-12/h2H,1,3-8H2,(H2,10,11,13). The predicted octanol–water partition coefficient (Wildman–Crippen LogP) is -0.239. The van der Waals surface area contributed by atoms with Crippen molar-refractivity contribution in [1.29, 1.82) is 0 Å². The van der Waals surface area contributed by atoms with Gasteiger partial charge < -0.3 is 15.4 Å². The molecule has 1 aliphatic rings. The van der Waals surface area contributed by atoms with Crippen LogP contribution < -0.4 is 10.6 Å². The van der Waals surface area contributed by atoms with E-state index in [1.807, 2.05) is 0 Å². The zero-order valence-corrected chi connectivity index (χ0v) is 8.29. The molecule has 1 saturated heterocycles. The van der Waals surface area contributed by atoms with E-state index in [1.165, 1.54) is 0 Å². The topological polar surface area (TPSA) is 53.6 Å². The number of morpholine rings is 1. The highest BCUT2D eigenvalue weighted by molar-refractivity contribution is 5.73. The third kappa shape index (κ3) is 4.25. The quantitative estimate of drug-likeness (QED) is 0.614. The number of nitrogens with one attached hydrogen (secondary N) is 2. The Bertz CT molecular complexity index is 190. The first-order valence-corrected chi connectivity index (χ1v) is 4.75. The molecule has 0 radical (unpaired) electrons. The fourth-order valence-corrected chi connectivity index (χ4v) is 1.17. The van der Waals surface area contributed by atoms with Crippen LogP contribution in [-0.2, 0) is 4.74 Å². The minimum atomic E-state index is -0.156. The lowest BCUT2D eigenvalue weighted by molar-refractivity contribution is 0.0356. The Kier molecular flexibility index (Phi) is 5.03. The number of carbonyl (C=O) groups excluding carboxylic acids is 1. The summed E-state index contributed by atoms with van der Waals surface area (Å²) in [5.41, 5.74) is 0. The molecule has 0 saturated carbocycles. The first-order chi connectivity index (χ1) is 6.83. The highest BCUT2D eigenvalue weighted by Crippen LogP contribution is 1.93. The molecular weight excluding hydrogens is 182 g/mol. The lowest BCUT2D eigenvalue weighted by atomic mass is 10.4. The summed E-state index contributed by atoms with van der Waals surface area (Å²) >= 11 is 0. The van der Waals surface area contributed by atoms with E-state index in [0.717, 1.165) is 26.3 Å². The van der Waals surface area contributed by atoms with Crippen LogP contribution in [0, 0.1) is 0 Å². The summed E-state index contributed by atoms with van der Waals surface area (Å²) in [7, 11) is 0. The normalized spacial score (nSPS) is 17.4. The number of urea groups is 1. The van der Waals surface area contributed by atoms with E-state index in [2.05, 4.69) is 22.1 Å². The van der Waals surface area contributed by atoms with Gasteiger partial charge in [-0.3, -0.25) is 4.90 Å². The molecule has 0 atom stereocenters. The maximum atomic E-state index is 11.1. The van der Waals surface area contributed by atoms with E-state index in [4.69, 9.17) is 4.74 Å². The maximum Gasteiger partial charge on any atom is 0.316 e. The first kappa shape index (κ1) is 11.0. The van der Waals surface area contributed by atoms with Crippen LogP contribution in [0.5, 0.6) is 0 Å². The van der Waals surface area contributed by atoms with Crippen molar-refractivity contribution in [2.45, 2.75) is 0 Å². The van der Waals surface area contributed by atoms with E-state index < -0.39 is 0 Å². The predicted molar refractivity (Wildman–Crippen MR) is 54.0 cm³/mol. The van der Waals surface area contributed by atoms with Gasteiger partial charge in [-0.25, -0.2) is 4.79 Å². The van der Waals surface area contributed by atoms with Crippen LogP contribution in [0.15, 0.2) is 12.7 Å². The van der Waals surface area contributed by atoms with E-state index >= 15 is 0 Å². The minimum Gasteiger partial charge on any atom is -0.379 e. The molecule has 0 spiro atoms. The number of nitrogens with zero attached hydrogens (tertiary/aromatic N) is 1. The molecule has 1 fully saturated rings. The van der Waals surface area contributed by atoms with E-state index in [-0.39, 0.29) is 6.03 Å². The van der Waals surface area contributed by atoms with Crippen LogP contribution >= 0.6 is 0 Å². The Morgan fingerprint density at radius 1 is 1.43 bits per heavy atom. The minimum absolute atomic E-state index is 0.156. The summed E-state index contributed by atoms with van der Waals surface area (Å²) in [6.07, 6.45) is 1.65. The smallest absolute Gasteiger partial charge is 0.316 e. The molecule has 5 nitrogen and oxygen atoms in total. The molecule has 1 rings (SSSR count). The summed E-state index contributed by atoms with van der Waals surface area (Å²) in [5, 5.41) is 5.41. The first-order valence-electron chi connectivity index (χ1n) is 4.75. The highest BCUT2D eigenvalue weighted by atomic mass is 16.5. The van der Waals surface area contributed by atoms with Crippen molar-refractivity contribution >= 4 is 6.03 Å². The Hall–Kier alpha value is -1.07. The Labute approximate surface area is 84.1 Å². The summed E-state index contributed by atoms with van der Waals surface area (Å²) in [6, 6.07) is -0.156. The number of carbonyl (C=O) groups is 1. The number of rotatable bonds is 4. The second-order valence-corrected chi connectivity index (χ2v) is 3.06. The number of hydrogen-bond donors (Lipinski definition) is 2. The van der Waals surface area contributed by atoms with Gasteiger partial charge in [0.25, 0.3) is 0 Å². The number of hydrogen-bond acceptors (Lipinski definition) is 3. The second-order valence-electron chi connectivity index (χ2n) is 3.06. The molecule has 0 unspecified atom stereocenters. The van der Waals surface area contributed by atoms with Gasteiger partial charge in [0.1, 0.15) is 0 Å². The fourth-order valence-electron chi connectivity index (χ4n) is 1.17. The molecule has 0 aromatic rings. The molecule has 0 aliphatic carbocycles. The van der Waals surface area contributed by atoms with Crippen molar-refractivity contribution in [3.63, 3.8) is 0 Å². The molecular formula is C9H17N3O2. The number of ether oxygens (including phenoxy) is 1. The molecule has 14 heavy (non-hydrogen) atoms. The molecule has 5 heteroatoms. The lowest BCUT2D eigenvalue weighted by Gasteiger charge is -2.26. The van der Waals surface area contributed by atoms with E-state index in [0.29, 0.717) is 13.2 Å². The van der Waals surface area contributed by atoms with Crippen LogP contribution in [0.3, 0.4) is 0 Å². The average Bonchev–Trinajstić information content (AvgIpc) is 2.25. The van der Waals surface area contributed by atoms with Crippen LogP contribution in [-0.4, -0.2) is 50.4 Å². The van der Waals surface area contributed by atoms with Gasteiger partial charge in [0, 0.05) is 19.6 Å². The van der Waals surface area contributed by atoms with Gasteiger partial charge in [-0.1, -0.05) is 6.08 Å². The molecule has 0 bridgehead atoms. The Morgan fingerprint density at radius 2 is 2.14 bits per heavy atom. The van der Waals surface area contributed by atoms with Gasteiger partial charge in [0.05, 0.1) is 19.9 Å². The zero-order valence-electron chi connectivity index (χ0n) is 8.29. The molecule has 0 aromatic carbocycles. The Balaban J connectivity index is 2.06. The van der Waals surface area contributed by atoms with E-state index in [1.54, 1.807) is 6.08 Å². The number of amides is 2. The van der Waals surface area contributed by atoms with Crippen LogP contribution in [0.4, 0.5) is 4.79 Å². The molecule has 2 N–H and O–H groups in total. The van der Waals surface area contributed by atoms with Crippen molar-refractivity contribution in [3.8, 4) is 0 Å². The highest BCUT2D eigenvalue weighted by Gasteiger charge is 2.10. The van der Waals surface area contributed by atoms with Gasteiger partial charge in [-0.15, -0.1) is 6.58 Å².